The minimum atomic E-state index is -1.30. The van der Waals surface area contributed by atoms with E-state index >= 15 is 0 Å². The summed E-state index contributed by atoms with van der Waals surface area (Å²) in [6, 6.07) is 7.55. The van der Waals surface area contributed by atoms with Gasteiger partial charge in [-0.3, -0.25) is 4.98 Å². The molecule has 1 heterocycles. The number of allylic oxidation sites excluding steroid dienone is 2. The van der Waals surface area contributed by atoms with E-state index in [1.54, 1.807) is 0 Å². The van der Waals surface area contributed by atoms with Crippen molar-refractivity contribution in [3.8, 4) is 0 Å². The van der Waals surface area contributed by atoms with E-state index in [9.17, 15) is 0 Å². The minimum absolute atomic E-state index is 1.19. The van der Waals surface area contributed by atoms with Crippen molar-refractivity contribution in [3.05, 3.63) is 36.0 Å². The molecule has 0 aliphatic carbocycles. The fraction of sp³-hybridized carbons (Fsp3) is 0.462. The Morgan fingerprint density at radius 1 is 1.33 bits per heavy atom. The van der Waals surface area contributed by atoms with E-state index in [0.717, 1.165) is 0 Å². The highest BCUT2D eigenvalue weighted by molar-refractivity contribution is 6.89. The third kappa shape index (κ3) is 4.00. The summed E-state index contributed by atoms with van der Waals surface area (Å²) in [4.78, 5) is 4.49. The maximum absolute atomic E-state index is 4.49. The van der Waals surface area contributed by atoms with Crippen LogP contribution in [-0.4, -0.2) is 13.1 Å². The Morgan fingerprint density at radius 2 is 2.07 bits per heavy atom. The number of pyridine rings is 1. The highest BCUT2D eigenvalue weighted by Crippen LogP contribution is 2.12. The maximum Gasteiger partial charge on any atom is 0.105 e. The molecule has 0 aliphatic rings. The van der Waals surface area contributed by atoms with Crippen LogP contribution in [0.4, 0.5) is 0 Å². The van der Waals surface area contributed by atoms with E-state index < -0.39 is 8.07 Å². The van der Waals surface area contributed by atoms with Gasteiger partial charge in [0.2, 0.25) is 0 Å². The third-order valence-corrected chi connectivity index (χ3v) is 5.90. The lowest BCUT2D eigenvalue weighted by atomic mass is 10.3. The molecular formula is C13H21NSi. The molecule has 0 fully saturated rings. The zero-order chi connectivity index (χ0) is 11.3. The quantitative estimate of drug-likeness (QED) is 0.559. The Hall–Kier alpha value is -0.893. The molecule has 0 aromatic carbocycles. The van der Waals surface area contributed by atoms with Crippen molar-refractivity contribution in [2.75, 3.05) is 0 Å². The van der Waals surface area contributed by atoms with Crippen molar-refractivity contribution in [2.45, 2.75) is 39.4 Å². The lowest BCUT2D eigenvalue weighted by Gasteiger charge is -2.20. The molecule has 15 heavy (non-hydrogen) atoms. The van der Waals surface area contributed by atoms with E-state index in [0.29, 0.717) is 0 Å². The molecular weight excluding hydrogens is 198 g/mol. The molecule has 1 aromatic rings. The van der Waals surface area contributed by atoms with Crippen molar-refractivity contribution >= 4 is 13.4 Å². The van der Waals surface area contributed by atoms with Crippen LogP contribution in [0.2, 0.25) is 19.1 Å². The summed E-state index contributed by atoms with van der Waals surface area (Å²) in [6.07, 6.45) is 5.43. The second kappa shape index (κ2) is 5.26. The molecule has 0 bridgehead atoms. The number of hydrogen-bond donors (Lipinski definition) is 0. The molecule has 0 aliphatic heterocycles. The van der Waals surface area contributed by atoms with Gasteiger partial charge in [-0.05, 0) is 38.4 Å². The Bertz CT molecular complexity index is 324. The molecule has 0 unspecified atom stereocenters. The smallest absolute Gasteiger partial charge is 0.105 e. The molecule has 2 heteroatoms. The predicted molar refractivity (Wildman–Crippen MR) is 70.2 cm³/mol. The SMILES string of the molecule is CC(C)=CCC[Si](C)(C)c1ccccn1. The van der Waals surface area contributed by atoms with Crippen LogP contribution in [0.25, 0.3) is 0 Å². The Labute approximate surface area is 94.3 Å². The van der Waals surface area contributed by atoms with Crippen LogP contribution in [-0.2, 0) is 0 Å². The fourth-order valence-corrected chi connectivity index (χ4v) is 3.71. The zero-order valence-corrected chi connectivity index (χ0v) is 11.2. The Morgan fingerprint density at radius 3 is 2.60 bits per heavy atom. The topological polar surface area (TPSA) is 12.9 Å². The fourth-order valence-electron chi connectivity index (χ4n) is 1.61. The first-order valence-electron chi connectivity index (χ1n) is 5.57. The molecule has 1 aromatic heterocycles. The first-order valence-corrected chi connectivity index (χ1v) is 8.78. The van der Waals surface area contributed by atoms with E-state index in [1.165, 1.54) is 23.4 Å². The second-order valence-electron chi connectivity index (χ2n) is 4.92. The van der Waals surface area contributed by atoms with Crippen LogP contribution in [0.3, 0.4) is 0 Å². The standard InChI is InChI=1S/C13H21NSi/c1-12(2)8-7-11-15(3,4)13-9-5-6-10-14-13/h5-6,8-10H,7,11H2,1-4H3. The van der Waals surface area contributed by atoms with E-state index in [2.05, 4.69) is 50.1 Å². The van der Waals surface area contributed by atoms with Gasteiger partial charge in [-0.2, -0.15) is 0 Å². The summed E-state index contributed by atoms with van der Waals surface area (Å²) >= 11 is 0. The van der Waals surface area contributed by atoms with Crippen molar-refractivity contribution in [3.63, 3.8) is 0 Å². The number of nitrogens with zero attached hydrogens (tertiary/aromatic N) is 1. The monoisotopic (exact) mass is 219 g/mol. The lowest BCUT2D eigenvalue weighted by molar-refractivity contribution is 1.13. The molecule has 0 radical (unpaired) electrons. The van der Waals surface area contributed by atoms with Crippen LogP contribution >= 0.6 is 0 Å². The summed E-state index contributed by atoms with van der Waals surface area (Å²) in [5.41, 5.74) is 1.42. The van der Waals surface area contributed by atoms with E-state index in [-0.39, 0.29) is 0 Å². The van der Waals surface area contributed by atoms with Crippen molar-refractivity contribution < 1.29 is 0 Å². The van der Waals surface area contributed by atoms with Crippen molar-refractivity contribution in [2.24, 2.45) is 0 Å². The first kappa shape index (κ1) is 12.2. The number of hydrogen-bond acceptors (Lipinski definition) is 1. The summed E-state index contributed by atoms with van der Waals surface area (Å²) < 4.78 is 0. The average Bonchev–Trinajstić information content (AvgIpc) is 2.18. The summed E-state index contributed by atoms with van der Waals surface area (Å²) in [5, 5.41) is 1.33. The molecule has 82 valence electrons. The van der Waals surface area contributed by atoms with Gasteiger partial charge in [0, 0.05) is 11.5 Å². The molecule has 1 rings (SSSR count). The first-order chi connectivity index (χ1) is 7.02. The van der Waals surface area contributed by atoms with Crippen LogP contribution in [0.5, 0.6) is 0 Å². The van der Waals surface area contributed by atoms with Gasteiger partial charge >= 0.3 is 0 Å². The second-order valence-corrected chi connectivity index (χ2v) is 9.70. The van der Waals surface area contributed by atoms with Crippen LogP contribution < -0.4 is 5.32 Å². The van der Waals surface area contributed by atoms with Gasteiger partial charge in [0.1, 0.15) is 8.07 Å². The van der Waals surface area contributed by atoms with Gasteiger partial charge in [-0.1, -0.05) is 30.8 Å². The van der Waals surface area contributed by atoms with Gasteiger partial charge in [0.05, 0.1) is 0 Å². The molecule has 1 nitrogen and oxygen atoms in total. The largest absolute Gasteiger partial charge is 0.266 e. The Kier molecular flexibility index (Phi) is 4.27. The van der Waals surface area contributed by atoms with Gasteiger partial charge in [0.15, 0.2) is 0 Å². The summed E-state index contributed by atoms with van der Waals surface area (Å²) in [7, 11) is -1.30. The molecule has 0 saturated carbocycles. The molecule has 0 N–H and O–H groups in total. The van der Waals surface area contributed by atoms with Gasteiger partial charge in [0.25, 0.3) is 0 Å². The van der Waals surface area contributed by atoms with E-state index in [1.807, 2.05) is 12.3 Å². The molecule has 0 amide bonds. The number of aromatic nitrogens is 1. The third-order valence-electron chi connectivity index (χ3n) is 2.68. The van der Waals surface area contributed by atoms with Crippen LogP contribution in [0.1, 0.15) is 20.3 Å². The normalized spacial score (nSPS) is 11.2. The molecule has 0 spiro atoms. The van der Waals surface area contributed by atoms with Crippen molar-refractivity contribution in [1.29, 1.82) is 0 Å². The van der Waals surface area contributed by atoms with Gasteiger partial charge in [-0.25, -0.2) is 0 Å². The summed E-state index contributed by atoms with van der Waals surface area (Å²) in [6.45, 7) is 9.12. The van der Waals surface area contributed by atoms with Crippen LogP contribution in [0, 0.1) is 0 Å². The maximum atomic E-state index is 4.49. The van der Waals surface area contributed by atoms with Crippen molar-refractivity contribution in [1.82, 2.24) is 4.98 Å². The highest BCUT2D eigenvalue weighted by atomic mass is 28.3. The van der Waals surface area contributed by atoms with E-state index in [4.69, 9.17) is 0 Å². The lowest BCUT2D eigenvalue weighted by Crippen LogP contribution is -2.42. The average molecular weight is 219 g/mol. The highest BCUT2D eigenvalue weighted by Gasteiger charge is 2.23. The van der Waals surface area contributed by atoms with Crippen LogP contribution in [0.15, 0.2) is 36.0 Å². The minimum Gasteiger partial charge on any atom is -0.266 e. The molecule has 0 atom stereocenters. The summed E-state index contributed by atoms with van der Waals surface area (Å²) in [5.74, 6) is 0. The van der Waals surface area contributed by atoms with Gasteiger partial charge < -0.3 is 0 Å². The molecule has 0 saturated heterocycles. The van der Waals surface area contributed by atoms with Gasteiger partial charge in [-0.15, -0.1) is 0 Å². The zero-order valence-electron chi connectivity index (χ0n) is 10.2. The predicted octanol–water partition coefficient (Wildman–Crippen LogP) is 3.35. The Balaban J connectivity index is 2.64. The number of rotatable bonds is 4.